The van der Waals surface area contributed by atoms with Crippen molar-refractivity contribution in [3.63, 3.8) is 0 Å². The summed E-state index contributed by atoms with van der Waals surface area (Å²) < 4.78 is 10.9. The van der Waals surface area contributed by atoms with E-state index in [2.05, 4.69) is 15.5 Å². The lowest BCUT2D eigenvalue weighted by Gasteiger charge is -2.25. The molecule has 7 nitrogen and oxygen atoms in total. The maximum atomic E-state index is 12.5. The average Bonchev–Trinajstić information content (AvgIpc) is 2.75. The van der Waals surface area contributed by atoms with Crippen LogP contribution in [0.5, 0.6) is 11.5 Å². The van der Waals surface area contributed by atoms with Crippen LogP contribution in [0.3, 0.4) is 0 Å². The first-order chi connectivity index (χ1) is 14.1. The molecule has 0 bridgehead atoms. The molecule has 1 fully saturated rings. The van der Waals surface area contributed by atoms with Crippen LogP contribution < -0.4 is 20.1 Å². The number of carbonyl (C=O) groups excluding carboxylic acids is 2. The van der Waals surface area contributed by atoms with E-state index < -0.39 is 0 Å². The normalized spacial score (nSPS) is 13.7. The lowest BCUT2D eigenvalue weighted by Crippen LogP contribution is -2.36. The Morgan fingerprint density at radius 3 is 2.03 bits per heavy atom. The molecule has 0 unspecified atom stereocenters. The molecule has 0 saturated carbocycles. The summed E-state index contributed by atoms with van der Waals surface area (Å²) in [6.45, 7) is 2.23. The molecule has 0 aromatic heterocycles. The highest BCUT2D eigenvalue weighted by Gasteiger charge is 2.18. The maximum Gasteiger partial charge on any atom is 0.255 e. The van der Waals surface area contributed by atoms with Gasteiger partial charge in [0.25, 0.3) is 5.91 Å². The highest BCUT2D eigenvalue weighted by molar-refractivity contribution is 6.05. The minimum atomic E-state index is -0.257. The van der Waals surface area contributed by atoms with Crippen molar-refractivity contribution in [2.75, 3.05) is 44.5 Å². The monoisotopic (exact) mass is 433 g/mol. The summed E-state index contributed by atoms with van der Waals surface area (Å²) in [4.78, 5) is 27.1. The number of methoxy groups -OCH3 is 2. The number of benzene rings is 2. The van der Waals surface area contributed by atoms with Gasteiger partial charge in [0, 0.05) is 17.7 Å². The molecular formula is C22H28ClN3O4. The van der Waals surface area contributed by atoms with Crippen molar-refractivity contribution in [3.05, 3.63) is 48.0 Å². The Kier molecular flexibility index (Phi) is 8.95. The molecule has 2 aromatic carbocycles. The van der Waals surface area contributed by atoms with Gasteiger partial charge in [0.15, 0.2) is 0 Å². The van der Waals surface area contributed by atoms with Gasteiger partial charge in [-0.2, -0.15) is 0 Å². The van der Waals surface area contributed by atoms with Crippen LogP contribution in [0, 0.1) is 0 Å². The number of hydrogen-bond acceptors (Lipinski definition) is 5. The highest BCUT2D eigenvalue weighted by atomic mass is 35.5. The second-order valence-corrected chi connectivity index (χ2v) is 6.96. The van der Waals surface area contributed by atoms with Crippen LogP contribution >= 0.6 is 12.4 Å². The van der Waals surface area contributed by atoms with Crippen LogP contribution in [0.4, 0.5) is 11.4 Å². The predicted octanol–water partition coefficient (Wildman–Crippen LogP) is 3.80. The van der Waals surface area contributed by atoms with Gasteiger partial charge in [-0.25, -0.2) is 0 Å². The van der Waals surface area contributed by atoms with E-state index in [0.29, 0.717) is 35.0 Å². The fourth-order valence-electron chi connectivity index (χ4n) is 3.39. The lowest BCUT2D eigenvalue weighted by molar-refractivity contribution is -0.117. The molecule has 1 saturated heterocycles. The first-order valence-electron chi connectivity index (χ1n) is 9.75. The zero-order chi connectivity index (χ0) is 20.6. The summed E-state index contributed by atoms with van der Waals surface area (Å²) in [5.74, 6) is 0.519. The number of halogens is 1. The van der Waals surface area contributed by atoms with Crippen molar-refractivity contribution in [3.8, 4) is 11.5 Å². The summed E-state index contributed by atoms with van der Waals surface area (Å²) in [5, 5.41) is 5.73. The first-order valence-corrected chi connectivity index (χ1v) is 9.75. The molecule has 1 heterocycles. The fourth-order valence-corrected chi connectivity index (χ4v) is 3.39. The summed E-state index contributed by atoms with van der Waals surface area (Å²) in [7, 11) is 3.03. The van der Waals surface area contributed by atoms with E-state index in [1.54, 1.807) is 36.4 Å². The van der Waals surface area contributed by atoms with Gasteiger partial charge in [-0.3, -0.25) is 14.5 Å². The van der Waals surface area contributed by atoms with Crippen molar-refractivity contribution in [1.29, 1.82) is 0 Å². The van der Waals surface area contributed by atoms with Crippen LogP contribution in [0.25, 0.3) is 0 Å². The number of anilines is 2. The minimum Gasteiger partial charge on any atom is -0.494 e. The third-order valence-corrected chi connectivity index (χ3v) is 4.90. The zero-order valence-electron chi connectivity index (χ0n) is 17.3. The zero-order valence-corrected chi connectivity index (χ0v) is 18.1. The molecule has 8 heteroatoms. The molecule has 3 rings (SSSR count). The molecular weight excluding hydrogens is 406 g/mol. The van der Waals surface area contributed by atoms with Gasteiger partial charge in [0.2, 0.25) is 5.91 Å². The molecule has 2 N–H and O–H groups in total. The van der Waals surface area contributed by atoms with Crippen molar-refractivity contribution in [2.45, 2.75) is 19.3 Å². The van der Waals surface area contributed by atoms with Gasteiger partial charge >= 0.3 is 0 Å². The van der Waals surface area contributed by atoms with Crippen LogP contribution in [0.1, 0.15) is 29.6 Å². The van der Waals surface area contributed by atoms with E-state index in [9.17, 15) is 9.59 Å². The third kappa shape index (κ3) is 6.11. The molecule has 1 aliphatic heterocycles. The molecule has 0 atom stereocenters. The number of hydrogen-bond donors (Lipinski definition) is 2. The van der Waals surface area contributed by atoms with E-state index in [1.165, 1.54) is 20.6 Å². The van der Waals surface area contributed by atoms with Crippen LogP contribution in [-0.4, -0.2) is 50.6 Å². The highest BCUT2D eigenvalue weighted by Crippen LogP contribution is 2.36. The van der Waals surface area contributed by atoms with Crippen LogP contribution in [0.2, 0.25) is 0 Å². The first kappa shape index (κ1) is 23.5. The molecule has 0 spiro atoms. The van der Waals surface area contributed by atoms with Gasteiger partial charge in [-0.15, -0.1) is 12.4 Å². The van der Waals surface area contributed by atoms with Crippen molar-refractivity contribution in [2.24, 2.45) is 0 Å². The van der Waals surface area contributed by atoms with E-state index in [1.807, 2.05) is 6.07 Å². The number of nitrogens with one attached hydrogen (secondary N) is 2. The largest absolute Gasteiger partial charge is 0.494 e. The van der Waals surface area contributed by atoms with Crippen molar-refractivity contribution >= 4 is 35.6 Å². The number of ether oxygens (including phenoxy) is 2. The molecule has 162 valence electrons. The van der Waals surface area contributed by atoms with Gasteiger partial charge in [-0.1, -0.05) is 24.6 Å². The number of likely N-dealkylation sites (tertiary alicyclic amines) is 1. The topological polar surface area (TPSA) is 79.9 Å². The Labute approximate surface area is 183 Å². The van der Waals surface area contributed by atoms with Crippen molar-refractivity contribution < 1.29 is 19.1 Å². The summed E-state index contributed by atoms with van der Waals surface area (Å²) in [6.07, 6.45) is 3.47. The summed E-state index contributed by atoms with van der Waals surface area (Å²) in [6, 6.07) is 12.2. The van der Waals surface area contributed by atoms with Gasteiger partial charge in [-0.05, 0) is 38.1 Å². The van der Waals surface area contributed by atoms with E-state index in [-0.39, 0.29) is 24.2 Å². The molecule has 2 aromatic rings. The lowest BCUT2D eigenvalue weighted by atomic mass is 10.1. The van der Waals surface area contributed by atoms with Crippen molar-refractivity contribution in [1.82, 2.24) is 4.90 Å². The molecule has 30 heavy (non-hydrogen) atoms. The number of amides is 2. The van der Waals surface area contributed by atoms with E-state index in [4.69, 9.17) is 9.47 Å². The number of carbonyl (C=O) groups is 2. The Bertz CT molecular complexity index is 855. The second kappa shape index (κ2) is 11.4. The Balaban J connectivity index is 0.00000320. The predicted molar refractivity (Wildman–Crippen MR) is 120 cm³/mol. The average molecular weight is 434 g/mol. The number of nitrogens with zero attached hydrogens (tertiary/aromatic N) is 1. The SMILES string of the molecule is COc1cc(NC(=O)c2ccccc2)c(OC)cc1NC(=O)CN1CCCCC1.Cl. The molecule has 2 amide bonds. The number of piperidine rings is 1. The van der Waals surface area contributed by atoms with E-state index in [0.717, 1.165) is 25.9 Å². The Morgan fingerprint density at radius 2 is 1.47 bits per heavy atom. The van der Waals surface area contributed by atoms with Gasteiger partial charge in [0.05, 0.1) is 32.1 Å². The Hall–Kier alpha value is -2.77. The van der Waals surface area contributed by atoms with Crippen LogP contribution in [0.15, 0.2) is 42.5 Å². The molecule has 0 aliphatic carbocycles. The fraction of sp³-hybridized carbons (Fsp3) is 0.364. The number of rotatable bonds is 7. The quantitative estimate of drug-likeness (QED) is 0.694. The summed E-state index contributed by atoms with van der Waals surface area (Å²) >= 11 is 0. The summed E-state index contributed by atoms with van der Waals surface area (Å²) in [5.41, 5.74) is 1.50. The standard InChI is InChI=1S/C22H27N3O4.ClH/c1-28-19-14-18(24-22(27)16-9-5-3-6-10-16)20(29-2)13-17(19)23-21(26)15-25-11-7-4-8-12-25;/h3,5-6,9-10,13-14H,4,7-8,11-12,15H2,1-2H3,(H,23,26)(H,24,27);1H. The molecule has 1 aliphatic rings. The van der Waals surface area contributed by atoms with Gasteiger partial charge in [0.1, 0.15) is 11.5 Å². The maximum absolute atomic E-state index is 12.5. The second-order valence-electron chi connectivity index (χ2n) is 6.96. The smallest absolute Gasteiger partial charge is 0.255 e. The Morgan fingerprint density at radius 1 is 0.900 bits per heavy atom. The van der Waals surface area contributed by atoms with Crippen LogP contribution in [-0.2, 0) is 4.79 Å². The van der Waals surface area contributed by atoms with Gasteiger partial charge < -0.3 is 20.1 Å². The third-order valence-electron chi connectivity index (χ3n) is 4.90. The molecule has 0 radical (unpaired) electrons. The van der Waals surface area contributed by atoms with E-state index >= 15 is 0 Å². The minimum absolute atomic E-state index is 0.